The monoisotopic (exact) mass is 495 g/mol. The second-order valence-electron chi connectivity index (χ2n) is 8.82. The van der Waals surface area contributed by atoms with Crippen molar-refractivity contribution in [3.63, 3.8) is 0 Å². The molecule has 3 aromatic rings. The number of hydrogen-bond acceptors (Lipinski definition) is 5. The van der Waals surface area contributed by atoms with E-state index in [0.29, 0.717) is 49.9 Å². The number of amides is 2. The molecule has 0 aliphatic carbocycles. The van der Waals surface area contributed by atoms with E-state index in [1.54, 1.807) is 4.90 Å². The van der Waals surface area contributed by atoms with Crippen molar-refractivity contribution in [1.82, 2.24) is 5.01 Å². The van der Waals surface area contributed by atoms with E-state index in [1.807, 2.05) is 91.0 Å². The molecular formula is C30H29N3O4. The minimum atomic E-state index is -0.152. The molecule has 2 aliphatic rings. The number of fused-ring (bicyclic) bond motifs is 1. The molecule has 7 nitrogen and oxygen atoms in total. The summed E-state index contributed by atoms with van der Waals surface area (Å²) < 4.78 is 11.4. The highest BCUT2D eigenvalue weighted by Crippen LogP contribution is 2.34. The van der Waals surface area contributed by atoms with Gasteiger partial charge in [0, 0.05) is 37.6 Å². The third kappa shape index (κ3) is 6.06. The first-order chi connectivity index (χ1) is 18.2. The summed E-state index contributed by atoms with van der Waals surface area (Å²) in [5.41, 5.74) is 3.66. The van der Waals surface area contributed by atoms with Crippen LogP contribution in [0.1, 0.15) is 30.4 Å². The summed E-state index contributed by atoms with van der Waals surface area (Å²) in [7, 11) is 0. The van der Waals surface area contributed by atoms with Crippen LogP contribution in [0.3, 0.4) is 0 Å². The van der Waals surface area contributed by atoms with E-state index >= 15 is 0 Å². The van der Waals surface area contributed by atoms with Gasteiger partial charge in [-0.2, -0.15) is 5.10 Å². The molecule has 37 heavy (non-hydrogen) atoms. The van der Waals surface area contributed by atoms with Gasteiger partial charge in [-0.25, -0.2) is 5.01 Å². The zero-order chi connectivity index (χ0) is 25.5. The average molecular weight is 496 g/mol. The number of nitrogens with zero attached hydrogens (tertiary/aromatic N) is 3. The van der Waals surface area contributed by atoms with Crippen LogP contribution in [0, 0.1) is 0 Å². The van der Waals surface area contributed by atoms with Gasteiger partial charge in [-0.15, -0.1) is 0 Å². The van der Waals surface area contributed by atoms with E-state index in [9.17, 15) is 9.59 Å². The Morgan fingerprint density at radius 1 is 0.892 bits per heavy atom. The lowest BCUT2D eigenvalue weighted by atomic mass is 10.1. The number of carbonyl (C=O) groups is 2. The first kappa shape index (κ1) is 24.3. The van der Waals surface area contributed by atoms with Gasteiger partial charge in [0.15, 0.2) is 11.5 Å². The zero-order valence-corrected chi connectivity index (χ0v) is 20.6. The van der Waals surface area contributed by atoms with E-state index in [1.165, 1.54) is 5.01 Å². The van der Waals surface area contributed by atoms with E-state index < -0.39 is 0 Å². The van der Waals surface area contributed by atoms with Crippen LogP contribution in [0.15, 0.2) is 90.0 Å². The molecule has 5 rings (SSSR count). The molecule has 0 spiro atoms. The number of ether oxygens (including phenoxy) is 2. The molecule has 7 heteroatoms. The van der Waals surface area contributed by atoms with Crippen molar-refractivity contribution < 1.29 is 19.1 Å². The van der Waals surface area contributed by atoms with Gasteiger partial charge in [-0.3, -0.25) is 9.59 Å². The molecule has 0 bridgehead atoms. The maximum Gasteiger partial charge on any atom is 0.243 e. The van der Waals surface area contributed by atoms with E-state index in [4.69, 9.17) is 9.47 Å². The smallest absolute Gasteiger partial charge is 0.243 e. The van der Waals surface area contributed by atoms with Crippen molar-refractivity contribution >= 4 is 29.3 Å². The normalized spacial score (nSPS) is 14.5. The molecule has 0 saturated heterocycles. The Balaban J connectivity index is 1.27. The fourth-order valence-electron chi connectivity index (χ4n) is 4.36. The first-order valence-corrected chi connectivity index (χ1v) is 12.5. The Morgan fingerprint density at radius 3 is 2.41 bits per heavy atom. The van der Waals surface area contributed by atoms with Crippen LogP contribution in [0.25, 0.3) is 6.08 Å². The van der Waals surface area contributed by atoms with Gasteiger partial charge < -0.3 is 14.4 Å². The third-order valence-electron chi connectivity index (χ3n) is 6.29. The quantitative estimate of drug-likeness (QED) is 0.445. The van der Waals surface area contributed by atoms with Crippen molar-refractivity contribution in [1.29, 1.82) is 0 Å². The lowest BCUT2D eigenvalue weighted by Crippen LogP contribution is -2.33. The minimum absolute atomic E-state index is 0.0825. The van der Waals surface area contributed by atoms with Gasteiger partial charge >= 0.3 is 0 Å². The number of hydrazone groups is 1. The molecule has 2 amide bonds. The Labute approximate surface area is 216 Å². The fourth-order valence-corrected chi connectivity index (χ4v) is 4.36. The largest absolute Gasteiger partial charge is 0.486 e. The van der Waals surface area contributed by atoms with E-state index in [2.05, 4.69) is 5.10 Å². The van der Waals surface area contributed by atoms with Gasteiger partial charge in [0.1, 0.15) is 13.2 Å². The number of benzene rings is 3. The maximum absolute atomic E-state index is 13.4. The molecule has 0 fully saturated rings. The number of anilines is 1. The van der Waals surface area contributed by atoms with Crippen LogP contribution in [0.4, 0.5) is 5.69 Å². The van der Waals surface area contributed by atoms with Gasteiger partial charge in [0.25, 0.3) is 0 Å². The number of hydrogen-bond donors (Lipinski definition) is 0. The van der Waals surface area contributed by atoms with Crippen LogP contribution in [0.5, 0.6) is 11.5 Å². The second-order valence-corrected chi connectivity index (χ2v) is 8.82. The van der Waals surface area contributed by atoms with Crippen LogP contribution < -0.4 is 14.4 Å². The Hall–Kier alpha value is -4.39. The zero-order valence-electron chi connectivity index (χ0n) is 20.6. The summed E-state index contributed by atoms with van der Waals surface area (Å²) in [6.07, 6.45) is 4.81. The highest BCUT2D eigenvalue weighted by Gasteiger charge is 2.24. The second kappa shape index (κ2) is 11.6. The fraction of sp³-hybridized carbons (Fsp3) is 0.233. The summed E-state index contributed by atoms with van der Waals surface area (Å²) in [4.78, 5) is 27.9. The molecule has 0 aromatic heterocycles. The minimum Gasteiger partial charge on any atom is -0.486 e. The van der Waals surface area contributed by atoms with Crippen molar-refractivity contribution in [2.75, 3.05) is 31.2 Å². The average Bonchev–Trinajstić information content (AvgIpc) is 3.45. The molecule has 2 aliphatic heterocycles. The van der Waals surface area contributed by atoms with Crippen LogP contribution in [-0.4, -0.2) is 48.8 Å². The molecular weight excluding hydrogens is 466 g/mol. The Morgan fingerprint density at radius 2 is 1.62 bits per heavy atom. The van der Waals surface area contributed by atoms with Crippen molar-refractivity contribution in [3.05, 3.63) is 96.1 Å². The standard InChI is InChI=1S/C30H29N3O4/c34-29(15-16-30(35)33-19-17-26(31-33)24-11-5-2-6-12-24)32(18-7-10-23-8-3-1-4-9-23)25-13-14-27-28(22-25)37-21-20-36-27/h1-14,22H,15-21H2/b10-7+. The van der Waals surface area contributed by atoms with Gasteiger partial charge in [-0.1, -0.05) is 72.8 Å². The predicted octanol–water partition coefficient (Wildman–Crippen LogP) is 4.92. The van der Waals surface area contributed by atoms with E-state index in [0.717, 1.165) is 16.8 Å². The van der Waals surface area contributed by atoms with Gasteiger partial charge in [0.05, 0.1) is 12.3 Å². The van der Waals surface area contributed by atoms with Crippen LogP contribution >= 0.6 is 0 Å². The third-order valence-corrected chi connectivity index (χ3v) is 6.29. The number of rotatable bonds is 8. The summed E-state index contributed by atoms with van der Waals surface area (Å²) in [5.74, 6) is 0.985. The SMILES string of the molecule is O=C(CCC(=O)N(C/C=C/c1ccccc1)c1ccc2c(c1)OCCO2)N1CCC(c2ccccc2)=N1. The van der Waals surface area contributed by atoms with Crippen molar-refractivity contribution in [2.45, 2.75) is 19.3 Å². The lowest BCUT2D eigenvalue weighted by Gasteiger charge is -2.25. The molecule has 3 aromatic carbocycles. The van der Waals surface area contributed by atoms with Gasteiger partial charge in [0.2, 0.25) is 11.8 Å². The summed E-state index contributed by atoms with van der Waals surface area (Å²) in [5, 5.41) is 5.99. The molecule has 0 N–H and O–H groups in total. The van der Waals surface area contributed by atoms with Crippen molar-refractivity contribution in [3.8, 4) is 11.5 Å². The summed E-state index contributed by atoms with van der Waals surface area (Å²) >= 11 is 0. The van der Waals surface area contributed by atoms with Crippen LogP contribution in [0.2, 0.25) is 0 Å². The molecule has 0 radical (unpaired) electrons. The van der Waals surface area contributed by atoms with Crippen LogP contribution in [-0.2, 0) is 9.59 Å². The Kier molecular flexibility index (Phi) is 7.60. The number of carbonyl (C=O) groups excluding carboxylic acids is 2. The van der Waals surface area contributed by atoms with Gasteiger partial charge in [-0.05, 0) is 23.3 Å². The highest BCUT2D eigenvalue weighted by atomic mass is 16.6. The predicted molar refractivity (Wildman–Crippen MR) is 144 cm³/mol. The molecule has 188 valence electrons. The maximum atomic E-state index is 13.4. The molecule has 2 heterocycles. The molecule has 0 unspecified atom stereocenters. The Bertz CT molecular complexity index is 1300. The first-order valence-electron chi connectivity index (χ1n) is 12.5. The summed E-state index contributed by atoms with van der Waals surface area (Å²) in [6, 6.07) is 25.3. The van der Waals surface area contributed by atoms with Crippen molar-refractivity contribution in [2.24, 2.45) is 5.10 Å². The topological polar surface area (TPSA) is 71.4 Å². The lowest BCUT2D eigenvalue weighted by molar-refractivity contribution is -0.132. The van der Waals surface area contributed by atoms with E-state index in [-0.39, 0.29) is 24.7 Å². The highest BCUT2D eigenvalue weighted by molar-refractivity contribution is 6.03. The molecule has 0 atom stereocenters. The molecule has 0 saturated carbocycles. The summed E-state index contributed by atoms with van der Waals surface area (Å²) in [6.45, 7) is 1.86.